The highest BCUT2D eigenvalue weighted by atomic mass is 16.6. The van der Waals surface area contributed by atoms with Crippen LogP contribution in [0.4, 0.5) is 5.69 Å². The molecule has 3 rings (SSSR count). The van der Waals surface area contributed by atoms with Crippen molar-refractivity contribution in [1.82, 2.24) is 0 Å². The molecule has 0 spiro atoms. The van der Waals surface area contributed by atoms with Crippen molar-refractivity contribution >= 4 is 17.6 Å². The minimum absolute atomic E-state index is 0.335. The van der Waals surface area contributed by atoms with E-state index in [4.69, 9.17) is 14.2 Å². The monoisotopic (exact) mass is 405 g/mol. The zero-order valence-corrected chi connectivity index (χ0v) is 16.8. The number of para-hydroxylation sites is 3. The van der Waals surface area contributed by atoms with Crippen LogP contribution in [0.25, 0.3) is 11.1 Å². The van der Waals surface area contributed by atoms with Crippen LogP contribution in [0.5, 0.6) is 11.5 Å². The lowest BCUT2D eigenvalue weighted by Gasteiger charge is -2.16. The van der Waals surface area contributed by atoms with Crippen molar-refractivity contribution in [1.29, 1.82) is 0 Å². The summed E-state index contributed by atoms with van der Waals surface area (Å²) < 4.78 is 15.8. The van der Waals surface area contributed by atoms with Gasteiger partial charge in [-0.05, 0) is 30.7 Å². The van der Waals surface area contributed by atoms with Crippen molar-refractivity contribution in [2.75, 3.05) is 19.0 Å². The molecular weight excluding hydrogens is 382 g/mol. The number of carbonyl (C=O) groups is 2. The number of nitrogens with one attached hydrogen (secondary N) is 1. The number of carbonyl (C=O) groups excluding carboxylic acids is 2. The van der Waals surface area contributed by atoms with E-state index in [1.807, 2.05) is 48.5 Å². The largest absolute Gasteiger partial charge is 0.493 e. The van der Waals surface area contributed by atoms with Crippen LogP contribution in [0.1, 0.15) is 6.92 Å². The van der Waals surface area contributed by atoms with Crippen LogP contribution in [-0.2, 0) is 14.3 Å². The molecule has 0 unspecified atom stereocenters. The second kappa shape index (κ2) is 10.1. The minimum atomic E-state index is -0.984. The number of ether oxygens (including phenoxy) is 3. The zero-order valence-electron chi connectivity index (χ0n) is 16.8. The fourth-order valence-corrected chi connectivity index (χ4v) is 2.86. The van der Waals surface area contributed by atoms with E-state index in [1.165, 1.54) is 14.0 Å². The normalized spacial score (nSPS) is 11.3. The third-order valence-electron chi connectivity index (χ3n) is 4.36. The Labute approximate surface area is 175 Å². The summed E-state index contributed by atoms with van der Waals surface area (Å²) in [7, 11) is 1.51. The van der Waals surface area contributed by atoms with Crippen molar-refractivity contribution in [3.05, 3.63) is 78.9 Å². The van der Waals surface area contributed by atoms with Gasteiger partial charge in [-0.15, -0.1) is 0 Å². The summed E-state index contributed by atoms with van der Waals surface area (Å²) in [6.45, 7) is 1.18. The molecule has 6 nitrogen and oxygen atoms in total. The van der Waals surface area contributed by atoms with Crippen LogP contribution in [-0.4, -0.2) is 31.7 Å². The third kappa shape index (κ3) is 5.38. The highest BCUT2D eigenvalue weighted by Crippen LogP contribution is 2.28. The van der Waals surface area contributed by atoms with E-state index in [9.17, 15) is 9.59 Å². The molecule has 1 atom stereocenters. The molecule has 1 N–H and O–H groups in total. The average Bonchev–Trinajstić information content (AvgIpc) is 2.78. The lowest BCUT2D eigenvalue weighted by atomic mass is 10.0. The lowest BCUT2D eigenvalue weighted by Crippen LogP contribution is -2.31. The highest BCUT2D eigenvalue weighted by Gasteiger charge is 2.20. The summed E-state index contributed by atoms with van der Waals surface area (Å²) in [5.41, 5.74) is 2.50. The Morgan fingerprint density at radius 2 is 1.50 bits per heavy atom. The van der Waals surface area contributed by atoms with Crippen molar-refractivity contribution in [2.24, 2.45) is 0 Å². The van der Waals surface area contributed by atoms with E-state index in [-0.39, 0.29) is 6.61 Å². The van der Waals surface area contributed by atoms with Crippen molar-refractivity contribution in [3.63, 3.8) is 0 Å². The maximum Gasteiger partial charge on any atom is 0.344 e. The van der Waals surface area contributed by atoms with Gasteiger partial charge in [0.25, 0.3) is 5.91 Å². The van der Waals surface area contributed by atoms with Gasteiger partial charge in [-0.1, -0.05) is 60.7 Å². The maximum absolute atomic E-state index is 12.6. The molecule has 0 radical (unpaired) electrons. The smallest absolute Gasteiger partial charge is 0.344 e. The molecule has 0 saturated heterocycles. The molecule has 1 amide bonds. The van der Waals surface area contributed by atoms with E-state index >= 15 is 0 Å². The first-order valence-electron chi connectivity index (χ1n) is 9.49. The standard InChI is InChI=1S/C24H23NO5/c1-17(30-23(26)16-29-22-15-9-8-14-21(22)28-2)24(27)25-20-13-7-6-12-19(20)18-10-4-3-5-11-18/h3-15,17H,16H2,1-2H3,(H,25,27)/t17-/m0/s1. The summed E-state index contributed by atoms with van der Waals surface area (Å²) in [4.78, 5) is 24.7. The Kier molecular flexibility index (Phi) is 7.05. The summed E-state index contributed by atoms with van der Waals surface area (Å²) in [6.07, 6.45) is -0.984. The molecule has 0 aliphatic carbocycles. The van der Waals surface area contributed by atoms with Gasteiger partial charge in [-0.2, -0.15) is 0 Å². The molecule has 0 aliphatic rings. The van der Waals surface area contributed by atoms with Crippen molar-refractivity contribution in [3.8, 4) is 22.6 Å². The predicted molar refractivity (Wildman–Crippen MR) is 115 cm³/mol. The Bertz CT molecular complexity index is 1000. The summed E-state index contributed by atoms with van der Waals surface area (Å²) in [5.74, 6) is -0.150. The molecule has 30 heavy (non-hydrogen) atoms. The molecular formula is C24H23NO5. The van der Waals surface area contributed by atoms with E-state index in [0.29, 0.717) is 17.2 Å². The van der Waals surface area contributed by atoms with Crippen molar-refractivity contribution < 1.29 is 23.8 Å². The van der Waals surface area contributed by atoms with Crippen LogP contribution < -0.4 is 14.8 Å². The summed E-state index contributed by atoms with van der Waals surface area (Å²) >= 11 is 0. The molecule has 0 aliphatic heterocycles. The van der Waals surface area contributed by atoms with Crippen LogP contribution in [0.15, 0.2) is 78.9 Å². The van der Waals surface area contributed by atoms with E-state index in [0.717, 1.165) is 11.1 Å². The SMILES string of the molecule is COc1ccccc1OCC(=O)O[C@@H](C)C(=O)Nc1ccccc1-c1ccccc1. The topological polar surface area (TPSA) is 73.9 Å². The molecule has 0 aromatic heterocycles. The second-order valence-corrected chi connectivity index (χ2v) is 6.47. The highest BCUT2D eigenvalue weighted by molar-refractivity contribution is 5.98. The molecule has 0 bridgehead atoms. The molecule has 3 aromatic carbocycles. The first-order chi connectivity index (χ1) is 14.6. The Morgan fingerprint density at radius 1 is 0.867 bits per heavy atom. The van der Waals surface area contributed by atoms with Crippen molar-refractivity contribution in [2.45, 2.75) is 13.0 Å². The molecule has 0 fully saturated rings. The average molecular weight is 405 g/mol. The second-order valence-electron chi connectivity index (χ2n) is 6.47. The van der Waals surface area contributed by atoms with Gasteiger partial charge >= 0.3 is 5.97 Å². The number of methoxy groups -OCH3 is 1. The first kappa shape index (κ1) is 20.9. The van der Waals surface area contributed by atoms with E-state index in [2.05, 4.69) is 5.32 Å². The Balaban J connectivity index is 1.58. The number of esters is 1. The minimum Gasteiger partial charge on any atom is -0.493 e. The fourth-order valence-electron chi connectivity index (χ4n) is 2.86. The van der Waals surface area contributed by atoms with E-state index < -0.39 is 18.0 Å². The van der Waals surface area contributed by atoms with Gasteiger partial charge in [0, 0.05) is 11.3 Å². The summed E-state index contributed by atoms with van der Waals surface area (Å²) in [5, 5.41) is 2.83. The quantitative estimate of drug-likeness (QED) is 0.565. The number of benzene rings is 3. The molecule has 0 heterocycles. The number of rotatable bonds is 8. The van der Waals surface area contributed by atoms with Gasteiger partial charge in [0.05, 0.1) is 7.11 Å². The molecule has 6 heteroatoms. The predicted octanol–water partition coefficient (Wildman–Crippen LogP) is 4.31. The Hall–Kier alpha value is -3.80. The van der Waals surface area contributed by atoms with Gasteiger partial charge in [0.1, 0.15) is 0 Å². The fraction of sp³-hybridized carbons (Fsp3) is 0.167. The molecule has 154 valence electrons. The number of anilines is 1. The van der Waals surface area contributed by atoms with Gasteiger partial charge in [-0.3, -0.25) is 4.79 Å². The van der Waals surface area contributed by atoms with Gasteiger partial charge in [-0.25, -0.2) is 4.79 Å². The van der Waals surface area contributed by atoms with Gasteiger partial charge in [0.15, 0.2) is 24.2 Å². The van der Waals surface area contributed by atoms with Crippen LogP contribution in [0, 0.1) is 0 Å². The zero-order chi connectivity index (χ0) is 21.3. The Morgan fingerprint density at radius 3 is 2.23 bits per heavy atom. The molecule has 3 aromatic rings. The van der Waals surface area contributed by atoms with Gasteiger partial charge < -0.3 is 19.5 Å². The third-order valence-corrected chi connectivity index (χ3v) is 4.36. The van der Waals surface area contributed by atoms with Gasteiger partial charge in [0.2, 0.25) is 0 Å². The number of hydrogen-bond acceptors (Lipinski definition) is 5. The summed E-state index contributed by atoms with van der Waals surface area (Å²) in [6, 6.07) is 24.1. The van der Waals surface area contributed by atoms with Crippen LogP contribution in [0.3, 0.4) is 0 Å². The number of amides is 1. The van der Waals surface area contributed by atoms with Crippen LogP contribution >= 0.6 is 0 Å². The number of hydrogen-bond donors (Lipinski definition) is 1. The first-order valence-corrected chi connectivity index (χ1v) is 9.49. The molecule has 0 saturated carbocycles. The lowest BCUT2D eigenvalue weighted by molar-refractivity contribution is -0.155. The van der Waals surface area contributed by atoms with E-state index in [1.54, 1.807) is 30.3 Å². The maximum atomic E-state index is 12.6. The van der Waals surface area contributed by atoms with Crippen LogP contribution in [0.2, 0.25) is 0 Å².